The summed E-state index contributed by atoms with van der Waals surface area (Å²) < 4.78 is 1.21. The van der Waals surface area contributed by atoms with E-state index in [-0.39, 0.29) is 0 Å². The van der Waals surface area contributed by atoms with E-state index in [1.807, 2.05) is 11.3 Å². The second-order valence-corrected chi connectivity index (χ2v) is 6.49. The molecule has 1 heterocycles. The van der Waals surface area contributed by atoms with Crippen LogP contribution in [0.25, 0.3) is 0 Å². The van der Waals surface area contributed by atoms with Crippen molar-refractivity contribution in [3.05, 3.63) is 20.8 Å². The van der Waals surface area contributed by atoms with Gasteiger partial charge in [-0.3, -0.25) is 0 Å². The number of hydrogen-bond acceptors (Lipinski definition) is 2. The smallest absolute Gasteiger partial charge is 0.0302 e. The molecule has 0 bridgehead atoms. The lowest BCUT2D eigenvalue weighted by Gasteiger charge is -2.27. The van der Waals surface area contributed by atoms with Crippen LogP contribution in [0.5, 0.6) is 0 Å². The van der Waals surface area contributed by atoms with Crippen molar-refractivity contribution in [3.8, 4) is 0 Å². The van der Waals surface area contributed by atoms with Gasteiger partial charge in [0.15, 0.2) is 0 Å². The molecule has 1 saturated carbocycles. The molecule has 0 unspecified atom stereocenters. The van der Waals surface area contributed by atoms with Crippen molar-refractivity contribution in [2.75, 3.05) is 0 Å². The van der Waals surface area contributed by atoms with Crippen molar-refractivity contribution in [2.24, 2.45) is 5.92 Å². The average molecular weight is 288 g/mol. The Bertz CT molecular complexity index is 310. The maximum Gasteiger partial charge on any atom is 0.0302 e. The fraction of sp³-hybridized carbons (Fsp3) is 0.667. The van der Waals surface area contributed by atoms with E-state index in [1.54, 1.807) is 0 Å². The first-order valence-corrected chi connectivity index (χ1v) is 7.37. The molecule has 15 heavy (non-hydrogen) atoms. The number of hydrogen-bond donors (Lipinski definition) is 1. The third-order valence-corrected chi connectivity index (χ3v) is 4.82. The third kappa shape index (κ3) is 3.58. The van der Waals surface area contributed by atoms with E-state index in [4.69, 9.17) is 0 Å². The van der Waals surface area contributed by atoms with Gasteiger partial charge in [-0.25, -0.2) is 0 Å². The minimum atomic E-state index is 0.745. The van der Waals surface area contributed by atoms with Crippen LogP contribution in [0.1, 0.15) is 37.5 Å². The topological polar surface area (TPSA) is 12.0 Å². The van der Waals surface area contributed by atoms with Gasteiger partial charge >= 0.3 is 0 Å². The zero-order chi connectivity index (χ0) is 10.7. The Morgan fingerprint density at radius 2 is 2.40 bits per heavy atom. The largest absolute Gasteiger partial charge is 0.309 e. The van der Waals surface area contributed by atoms with Gasteiger partial charge in [0.2, 0.25) is 0 Å². The van der Waals surface area contributed by atoms with Crippen molar-refractivity contribution in [1.82, 2.24) is 5.32 Å². The summed E-state index contributed by atoms with van der Waals surface area (Å²) in [7, 11) is 0. The van der Waals surface area contributed by atoms with Crippen LogP contribution in [-0.4, -0.2) is 6.04 Å². The van der Waals surface area contributed by atoms with Gasteiger partial charge in [0.1, 0.15) is 0 Å². The summed E-state index contributed by atoms with van der Waals surface area (Å²) in [6.45, 7) is 3.41. The van der Waals surface area contributed by atoms with Crippen molar-refractivity contribution in [2.45, 2.75) is 45.2 Å². The highest BCUT2D eigenvalue weighted by Crippen LogP contribution is 2.24. The van der Waals surface area contributed by atoms with Crippen LogP contribution in [0, 0.1) is 5.92 Å². The van der Waals surface area contributed by atoms with E-state index < -0.39 is 0 Å². The zero-order valence-electron chi connectivity index (χ0n) is 9.13. The van der Waals surface area contributed by atoms with Crippen LogP contribution in [0.4, 0.5) is 0 Å². The Morgan fingerprint density at radius 3 is 3.07 bits per heavy atom. The van der Waals surface area contributed by atoms with E-state index >= 15 is 0 Å². The monoisotopic (exact) mass is 287 g/mol. The first-order chi connectivity index (χ1) is 7.24. The van der Waals surface area contributed by atoms with E-state index in [0.29, 0.717) is 0 Å². The Morgan fingerprint density at radius 1 is 1.53 bits per heavy atom. The van der Waals surface area contributed by atoms with Crippen molar-refractivity contribution in [3.63, 3.8) is 0 Å². The first-order valence-electron chi connectivity index (χ1n) is 5.70. The molecule has 1 N–H and O–H groups in total. The Hall–Kier alpha value is 0.140. The molecule has 1 fully saturated rings. The molecule has 1 aromatic heterocycles. The summed E-state index contributed by atoms with van der Waals surface area (Å²) >= 11 is 5.32. The number of halogens is 1. The molecule has 84 valence electrons. The van der Waals surface area contributed by atoms with Gasteiger partial charge in [0, 0.05) is 27.3 Å². The van der Waals surface area contributed by atoms with E-state index in [2.05, 4.69) is 39.6 Å². The van der Waals surface area contributed by atoms with Gasteiger partial charge in [-0.05, 0) is 40.8 Å². The average Bonchev–Trinajstić information content (AvgIpc) is 2.62. The molecule has 0 aliphatic heterocycles. The normalized spacial score (nSPS) is 26.8. The van der Waals surface area contributed by atoms with Gasteiger partial charge in [0.25, 0.3) is 0 Å². The Balaban J connectivity index is 1.77. The molecule has 0 radical (unpaired) electrons. The van der Waals surface area contributed by atoms with Gasteiger partial charge in [-0.15, -0.1) is 11.3 Å². The maximum atomic E-state index is 3.67. The molecule has 0 aromatic carbocycles. The highest BCUT2D eigenvalue weighted by atomic mass is 79.9. The van der Waals surface area contributed by atoms with Crippen LogP contribution in [-0.2, 0) is 6.54 Å². The minimum absolute atomic E-state index is 0.745. The zero-order valence-corrected chi connectivity index (χ0v) is 11.5. The fourth-order valence-electron chi connectivity index (χ4n) is 2.31. The summed E-state index contributed by atoms with van der Waals surface area (Å²) in [6, 6.07) is 2.96. The van der Waals surface area contributed by atoms with Crippen LogP contribution < -0.4 is 5.32 Å². The van der Waals surface area contributed by atoms with E-state index in [9.17, 15) is 0 Å². The molecule has 2 rings (SSSR count). The van der Waals surface area contributed by atoms with Crippen LogP contribution in [0.15, 0.2) is 15.9 Å². The van der Waals surface area contributed by atoms with Crippen LogP contribution in [0.3, 0.4) is 0 Å². The molecular weight excluding hydrogens is 270 g/mol. The Labute approximate surface area is 104 Å². The highest BCUT2D eigenvalue weighted by molar-refractivity contribution is 9.10. The van der Waals surface area contributed by atoms with E-state index in [1.165, 1.54) is 35.0 Å². The molecule has 1 aromatic rings. The molecule has 1 aliphatic rings. The third-order valence-electron chi connectivity index (χ3n) is 3.12. The summed E-state index contributed by atoms with van der Waals surface area (Å²) in [6.07, 6.45) is 5.53. The first kappa shape index (κ1) is 11.6. The van der Waals surface area contributed by atoms with Gasteiger partial charge in [-0.1, -0.05) is 19.8 Å². The number of thiophene rings is 1. The molecule has 0 saturated heterocycles. The van der Waals surface area contributed by atoms with Crippen LogP contribution in [0.2, 0.25) is 0 Å². The second-order valence-electron chi connectivity index (χ2n) is 4.58. The number of nitrogens with one attached hydrogen (secondary N) is 1. The molecule has 1 aliphatic carbocycles. The van der Waals surface area contributed by atoms with Crippen LogP contribution >= 0.6 is 27.3 Å². The minimum Gasteiger partial charge on any atom is -0.309 e. The molecule has 3 heteroatoms. The maximum absolute atomic E-state index is 3.67. The molecule has 2 atom stereocenters. The predicted molar refractivity (Wildman–Crippen MR) is 70.3 cm³/mol. The lowest BCUT2D eigenvalue weighted by molar-refractivity contribution is 0.301. The van der Waals surface area contributed by atoms with Gasteiger partial charge in [0.05, 0.1) is 0 Å². The van der Waals surface area contributed by atoms with Crippen molar-refractivity contribution in [1.29, 1.82) is 0 Å². The fourth-order valence-corrected chi connectivity index (χ4v) is 3.71. The van der Waals surface area contributed by atoms with E-state index in [0.717, 1.165) is 18.5 Å². The lowest BCUT2D eigenvalue weighted by atomic mass is 9.87. The van der Waals surface area contributed by atoms with Gasteiger partial charge < -0.3 is 5.32 Å². The summed E-state index contributed by atoms with van der Waals surface area (Å²) in [5, 5.41) is 5.82. The SMILES string of the molecule is C[C@H]1CCC[C@@H](NCc2cc(Br)cs2)C1. The summed E-state index contributed by atoms with van der Waals surface area (Å²) in [5.74, 6) is 0.909. The highest BCUT2D eigenvalue weighted by Gasteiger charge is 2.18. The molecule has 1 nitrogen and oxygen atoms in total. The predicted octanol–water partition coefficient (Wildman–Crippen LogP) is 4.18. The standard InChI is InChI=1S/C12H18BrNS/c1-9-3-2-4-11(5-9)14-7-12-6-10(13)8-15-12/h6,8-9,11,14H,2-5,7H2,1H3/t9-,11+/m0/s1. The van der Waals surface area contributed by atoms with Crippen molar-refractivity contribution >= 4 is 27.3 Å². The second kappa shape index (κ2) is 5.46. The summed E-state index contributed by atoms with van der Waals surface area (Å²) in [5.41, 5.74) is 0. The Kier molecular flexibility index (Phi) is 4.23. The lowest BCUT2D eigenvalue weighted by Crippen LogP contribution is -2.32. The molecule has 0 spiro atoms. The molecular formula is C12H18BrNS. The van der Waals surface area contributed by atoms with Gasteiger partial charge in [-0.2, -0.15) is 0 Å². The van der Waals surface area contributed by atoms with Crippen molar-refractivity contribution < 1.29 is 0 Å². The quantitative estimate of drug-likeness (QED) is 0.880. The summed E-state index contributed by atoms with van der Waals surface area (Å²) in [4.78, 5) is 1.43. The molecule has 0 amide bonds. The number of rotatable bonds is 3.